The van der Waals surface area contributed by atoms with Gasteiger partial charge < -0.3 is 5.21 Å². The summed E-state index contributed by atoms with van der Waals surface area (Å²) in [7, 11) is 0. The monoisotopic (exact) mass is 148 g/mol. The summed E-state index contributed by atoms with van der Waals surface area (Å²) < 4.78 is 0. The van der Waals surface area contributed by atoms with Crippen molar-refractivity contribution in [3.63, 3.8) is 0 Å². The van der Waals surface area contributed by atoms with Crippen LogP contribution in [-0.2, 0) is 0 Å². The Morgan fingerprint density at radius 3 is 3.09 bits per heavy atom. The van der Waals surface area contributed by atoms with Crippen molar-refractivity contribution in [2.75, 3.05) is 0 Å². The van der Waals surface area contributed by atoms with E-state index in [1.807, 2.05) is 0 Å². The molecule has 0 aromatic carbocycles. The highest BCUT2D eigenvalue weighted by Crippen LogP contribution is 1.97. The molecule has 0 aliphatic carbocycles. The minimum atomic E-state index is 0.245. The second-order valence-electron chi connectivity index (χ2n) is 1.98. The van der Waals surface area contributed by atoms with E-state index in [1.54, 1.807) is 12.1 Å². The number of rotatable bonds is 0. The normalized spacial score (nSPS) is 10.2. The Balaban J connectivity index is 2.91. The predicted octanol–water partition coefficient (Wildman–Crippen LogP) is -0.342. The highest BCUT2D eigenvalue weighted by molar-refractivity contribution is 5.64. The molecule has 2 rings (SSSR count). The van der Waals surface area contributed by atoms with Gasteiger partial charge in [-0.05, 0) is 17.1 Å². The lowest BCUT2D eigenvalue weighted by molar-refractivity contribution is -0.645. The van der Waals surface area contributed by atoms with Gasteiger partial charge in [0.05, 0.1) is 0 Å². The van der Waals surface area contributed by atoms with E-state index in [1.165, 1.54) is 12.5 Å². The highest BCUT2D eigenvalue weighted by Gasteiger charge is 2.03. The van der Waals surface area contributed by atoms with E-state index in [4.69, 9.17) is 0 Å². The van der Waals surface area contributed by atoms with Gasteiger partial charge in [0.25, 0.3) is 0 Å². The lowest BCUT2D eigenvalue weighted by Crippen LogP contribution is -2.32. The fraction of sp³-hybridized carbons (Fsp3) is 0. The summed E-state index contributed by atoms with van der Waals surface area (Å²) in [6.45, 7) is 0. The number of hydrogen-bond acceptors (Lipinski definition) is 4. The molecular formula is C6H4N4O. The highest BCUT2D eigenvalue weighted by atomic mass is 16.5. The Bertz CT molecular complexity index is 384. The first-order valence-corrected chi connectivity index (χ1v) is 3.03. The van der Waals surface area contributed by atoms with Crippen LogP contribution in [0, 0.1) is 5.21 Å². The van der Waals surface area contributed by atoms with E-state index < -0.39 is 0 Å². The van der Waals surface area contributed by atoms with Crippen molar-refractivity contribution in [3.05, 3.63) is 29.9 Å². The smallest absolute Gasteiger partial charge is 0.373 e. The van der Waals surface area contributed by atoms with Crippen LogP contribution < -0.4 is 4.85 Å². The summed E-state index contributed by atoms with van der Waals surface area (Å²) >= 11 is 0. The zero-order valence-electron chi connectivity index (χ0n) is 5.51. The number of hydrogen-bond donors (Lipinski definition) is 0. The first kappa shape index (κ1) is 5.96. The molecule has 5 heteroatoms. The van der Waals surface area contributed by atoms with E-state index in [2.05, 4.69) is 15.1 Å². The molecule has 11 heavy (non-hydrogen) atoms. The van der Waals surface area contributed by atoms with Gasteiger partial charge in [-0.15, -0.1) is 4.85 Å². The summed E-state index contributed by atoms with van der Waals surface area (Å²) in [6.07, 6.45) is 2.73. The average molecular weight is 148 g/mol. The second-order valence-corrected chi connectivity index (χ2v) is 1.98. The van der Waals surface area contributed by atoms with Gasteiger partial charge in [-0.1, -0.05) is 5.10 Å². The summed E-state index contributed by atoms with van der Waals surface area (Å²) in [6, 6.07) is 3.42. The van der Waals surface area contributed by atoms with Crippen molar-refractivity contribution in [2.24, 2.45) is 0 Å². The van der Waals surface area contributed by atoms with Crippen LogP contribution in [0.4, 0.5) is 0 Å². The number of nitrogens with zero attached hydrogens (tertiary/aromatic N) is 4. The van der Waals surface area contributed by atoms with Crippen molar-refractivity contribution in [3.8, 4) is 0 Å². The summed E-state index contributed by atoms with van der Waals surface area (Å²) in [5.74, 6) is 0. The van der Waals surface area contributed by atoms with Crippen LogP contribution in [0.1, 0.15) is 0 Å². The van der Waals surface area contributed by atoms with Crippen LogP contribution in [0.25, 0.3) is 11.2 Å². The molecule has 5 nitrogen and oxygen atoms in total. The summed E-state index contributed by atoms with van der Waals surface area (Å²) in [5.41, 5.74) is 0.799. The van der Waals surface area contributed by atoms with E-state index >= 15 is 0 Å². The molecule has 0 saturated carbocycles. The fourth-order valence-corrected chi connectivity index (χ4v) is 0.826. The van der Waals surface area contributed by atoms with Crippen LogP contribution in [-0.4, -0.2) is 15.1 Å². The first-order valence-electron chi connectivity index (χ1n) is 3.03. The fourth-order valence-electron chi connectivity index (χ4n) is 0.826. The molecule has 54 valence electrons. The van der Waals surface area contributed by atoms with Gasteiger partial charge in [0.2, 0.25) is 0 Å². The Morgan fingerprint density at radius 2 is 2.27 bits per heavy atom. The van der Waals surface area contributed by atoms with Gasteiger partial charge in [-0.2, -0.15) is 0 Å². The number of pyridine rings is 1. The Hall–Kier alpha value is -1.78. The molecule has 0 atom stereocenters. The van der Waals surface area contributed by atoms with Crippen LogP contribution in [0.3, 0.4) is 0 Å². The predicted molar refractivity (Wildman–Crippen MR) is 36.3 cm³/mol. The zero-order valence-corrected chi connectivity index (χ0v) is 5.51. The maximum atomic E-state index is 10.9. The lowest BCUT2D eigenvalue weighted by Gasteiger charge is -1.96. The molecule has 0 aliphatic rings. The van der Waals surface area contributed by atoms with Crippen LogP contribution >= 0.6 is 0 Å². The molecule has 0 spiro atoms. The molecule has 0 fully saturated rings. The van der Waals surface area contributed by atoms with Gasteiger partial charge >= 0.3 is 5.65 Å². The number of fused-ring (bicyclic) bond motifs is 1. The molecule has 0 saturated heterocycles. The standard InChI is InChI=1S/C6H4N4O/c11-10-6-5(8-4-9-10)2-1-3-7-6/h1-4H. The topological polar surface area (TPSA) is 65.6 Å². The largest absolute Gasteiger partial charge is 0.690 e. The molecule has 0 amide bonds. The van der Waals surface area contributed by atoms with Gasteiger partial charge in [-0.3, -0.25) is 0 Å². The SMILES string of the molecule is [O-][n+]1ncnc2cccnc21. The second kappa shape index (κ2) is 2.12. The molecule has 2 aromatic heterocycles. The van der Waals surface area contributed by atoms with E-state index in [0.717, 1.165) is 0 Å². The first-order chi connectivity index (χ1) is 5.38. The van der Waals surface area contributed by atoms with Crippen molar-refractivity contribution in [1.82, 2.24) is 15.1 Å². The van der Waals surface area contributed by atoms with Gasteiger partial charge in [0.15, 0.2) is 11.8 Å². The molecule has 0 bridgehead atoms. The molecule has 0 radical (unpaired) electrons. The Kier molecular flexibility index (Phi) is 1.15. The van der Waals surface area contributed by atoms with Gasteiger partial charge in [0, 0.05) is 0 Å². The lowest BCUT2D eigenvalue weighted by atomic mass is 10.4. The van der Waals surface area contributed by atoms with E-state index in [-0.39, 0.29) is 5.65 Å². The van der Waals surface area contributed by atoms with Gasteiger partial charge in [0.1, 0.15) is 6.20 Å². The van der Waals surface area contributed by atoms with Crippen molar-refractivity contribution >= 4 is 11.2 Å². The van der Waals surface area contributed by atoms with Crippen LogP contribution in [0.5, 0.6) is 0 Å². The minimum Gasteiger partial charge on any atom is -0.690 e. The maximum absolute atomic E-state index is 10.9. The molecule has 0 N–H and O–H groups in total. The third-order valence-corrected chi connectivity index (χ3v) is 1.30. The minimum absolute atomic E-state index is 0.245. The van der Waals surface area contributed by atoms with Crippen molar-refractivity contribution in [1.29, 1.82) is 0 Å². The van der Waals surface area contributed by atoms with Crippen molar-refractivity contribution < 1.29 is 4.85 Å². The van der Waals surface area contributed by atoms with Crippen LogP contribution in [0.15, 0.2) is 24.7 Å². The molecule has 2 aromatic rings. The summed E-state index contributed by atoms with van der Waals surface area (Å²) in [5, 5.41) is 14.3. The quantitative estimate of drug-likeness (QED) is 0.378. The van der Waals surface area contributed by atoms with E-state index in [0.29, 0.717) is 10.4 Å². The molecular weight excluding hydrogens is 144 g/mol. The maximum Gasteiger partial charge on any atom is 0.373 e. The third-order valence-electron chi connectivity index (χ3n) is 1.30. The number of aromatic nitrogens is 4. The third kappa shape index (κ3) is 0.861. The van der Waals surface area contributed by atoms with Crippen molar-refractivity contribution in [2.45, 2.75) is 0 Å². The summed E-state index contributed by atoms with van der Waals surface area (Å²) in [4.78, 5) is 8.10. The Labute approximate surface area is 61.9 Å². The zero-order chi connectivity index (χ0) is 7.68. The Morgan fingerprint density at radius 1 is 1.36 bits per heavy atom. The average Bonchev–Trinajstić information content (AvgIpc) is 2.06. The van der Waals surface area contributed by atoms with Crippen LogP contribution in [0.2, 0.25) is 0 Å². The molecule has 0 unspecified atom stereocenters. The molecule has 2 heterocycles. The molecule has 0 aliphatic heterocycles. The van der Waals surface area contributed by atoms with E-state index in [9.17, 15) is 5.21 Å². The van der Waals surface area contributed by atoms with Gasteiger partial charge in [-0.25, -0.2) is 4.98 Å².